The van der Waals surface area contributed by atoms with Gasteiger partial charge in [-0.2, -0.15) is 0 Å². The van der Waals surface area contributed by atoms with Crippen LogP contribution >= 0.6 is 0 Å². The van der Waals surface area contributed by atoms with E-state index in [9.17, 15) is 5.11 Å². The van der Waals surface area contributed by atoms with Crippen LogP contribution in [0.5, 0.6) is 5.75 Å². The topological polar surface area (TPSA) is 41.9 Å². The number of nitrogens with zero attached hydrogens (tertiary/aromatic N) is 1. The molecule has 124 valence electrons. The minimum Gasteiger partial charge on any atom is -0.496 e. The third-order valence-electron chi connectivity index (χ3n) is 4.34. The van der Waals surface area contributed by atoms with Gasteiger partial charge in [-0.05, 0) is 44.3 Å². The Hall–Kier alpha value is -1.10. The highest BCUT2D eigenvalue weighted by molar-refractivity contribution is 5.32. The molecule has 1 aromatic carbocycles. The van der Waals surface area contributed by atoms with Crippen molar-refractivity contribution in [1.29, 1.82) is 0 Å². The minimum absolute atomic E-state index is 0.365. The maximum atomic E-state index is 10.2. The Morgan fingerprint density at radius 1 is 1.27 bits per heavy atom. The van der Waals surface area contributed by atoms with Crippen molar-refractivity contribution < 1.29 is 14.6 Å². The number of β-amino-alcohol motifs (C(OH)–C–C–N with tert-alkyl or cyclic N) is 1. The van der Waals surface area contributed by atoms with Crippen LogP contribution in [0.1, 0.15) is 31.7 Å². The molecule has 1 aromatic rings. The van der Waals surface area contributed by atoms with E-state index in [0.717, 1.165) is 30.3 Å². The van der Waals surface area contributed by atoms with Gasteiger partial charge in [-0.25, -0.2) is 0 Å². The predicted molar refractivity (Wildman–Crippen MR) is 88.1 cm³/mol. The van der Waals surface area contributed by atoms with Crippen LogP contribution in [0.2, 0.25) is 0 Å². The van der Waals surface area contributed by atoms with Gasteiger partial charge in [0.25, 0.3) is 0 Å². The van der Waals surface area contributed by atoms with E-state index in [1.54, 1.807) is 7.11 Å². The molecule has 1 saturated heterocycles. The summed E-state index contributed by atoms with van der Waals surface area (Å²) in [6, 6.07) is 7.82. The maximum absolute atomic E-state index is 10.2. The van der Waals surface area contributed by atoms with Crippen LogP contribution in [-0.2, 0) is 11.3 Å². The van der Waals surface area contributed by atoms with Crippen molar-refractivity contribution in [3.8, 4) is 5.75 Å². The molecule has 1 heterocycles. The van der Waals surface area contributed by atoms with E-state index in [4.69, 9.17) is 9.47 Å². The Bertz CT molecular complexity index is 438. The summed E-state index contributed by atoms with van der Waals surface area (Å²) in [5.41, 5.74) is 1.01. The Kier molecular flexibility index (Phi) is 7.16. The molecule has 1 aliphatic heterocycles. The monoisotopic (exact) mass is 307 g/mol. The van der Waals surface area contributed by atoms with E-state index >= 15 is 0 Å². The maximum Gasteiger partial charge on any atom is 0.124 e. The number of ether oxygens (including phenoxy) is 2. The van der Waals surface area contributed by atoms with Crippen molar-refractivity contribution in [2.75, 3.05) is 33.4 Å². The highest BCUT2D eigenvalue weighted by Crippen LogP contribution is 2.19. The second-order valence-electron chi connectivity index (χ2n) is 6.32. The van der Waals surface area contributed by atoms with Gasteiger partial charge in [0.2, 0.25) is 0 Å². The Balaban J connectivity index is 1.70. The first-order valence-corrected chi connectivity index (χ1v) is 8.29. The minimum atomic E-state index is -0.428. The van der Waals surface area contributed by atoms with Gasteiger partial charge < -0.3 is 19.5 Å². The number of para-hydroxylation sites is 1. The fourth-order valence-electron chi connectivity index (χ4n) is 2.98. The van der Waals surface area contributed by atoms with Crippen LogP contribution < -0.4 is 4.74 Å². The SMILES string of the molecule is COc1ccccc1COCC(O)CN1CCCC(C)CC1. The van der Waals surface area contributed by atoms with Gasteiger partial charge in [0.1, 0.15) is 5.75 Å². The van der Waals surface area contributed by atoms with Crippen molar-refractivity contribution in [1.82, 2.24) is 4.90 Å². The van der Waals surface area contributed by atoms with Crippen LogP contribution in [0, 0.1) is 5.92 Å². The Morgan fingerprint density at radius 2 is 2.09 bits per heavy atom. The summed E-state index contributed by atoms with van der Waals surface area (Å²) in [6.45, 7) is 6.04. The molecule has 0 aliphatic carbocycles. The van der Waals surface area contributed by atoms with Crippen molar-refractivity contribution in [2.24, 2.45) is 5.92 Å². The van der Waals surface area contributed by atoms with Crippen molar-refractivity contribution in [2.45, 2.75) is 38.9 Å². The van der Waals surface area contributed by atoms with Crippen LogP contribution in [0.15, 0.2) is 24.3 Å². The van der Waals surface area contributed by atoms with Gasteiger partial charge in [-0.3, -0.25) is 0 Å². The van der Waals surface area contributed by atoms with Crippen LogP contribution in [-0.4, -0.2) is 49.5 Å². The molecule has 0 radical (unpaired) electrons. The standard InChI is InChI=1S/C18H29NO3/c1-15-6-5-10-19(11-9-15)12-17(20)14-22-13-16-7-3-4-8-18(16)21-2/h3-4,7-8,15,17,20H,5-6,9-14H2,1-2H3. The number of aliphatic hydroxyl groups excluding tert-OH is 1. The van der Waals surface area contributed by atoms with Gasteiger partial charge >= 0.3 is 0 Å². The largest absolute Gasteiger partial charge is 0.496 e. The molecule has 22 heavy (non-hydrogen) atoms. The number of rotatable bonds is 7. The van der Waals surface area contributed by atoms with Crippen molar-refractivity contribution >= 4 is 0 Å². The first kappa shape index (κ1) is 17.3. The van der Waals surface area contributed by atoms with Gasteiger partial charge in [-0.15, -0.1) is 0 Å². The highest BCUT2D eigenvalue weighted by atomic mass is 16.5. The molecule has 0 amide bonds. The lowest BCUT2D eigenvalue weighted by Gasteiger charge is -2.23. The second kappa shape index (κ2) is 9.13. The first-order valence-electron chi connectivity index (χ1n) is 8.29. The summed E-state index contributed by atoms with van der Waals surface area (Å²) >= 11 is 0. The third kappa shape index (κ3) is 5.59. The molecule has 1 N–H and O–H groups in total. The number of hydrogen-bond acceptors (Lipinski definition) is 4. The smallest absolute Gasteiger partial charge is 0.124 e. The normalized spacial score (nSPS) is 21.3. The summed E-state index contributed by atoms with van der Waals surface area (Å²) in [6.07, 6.45) is 3.34. The third-order valence-corrected chi connectivity index (χ3v) is 4.34. The fourth-order valence-corrected chi connectivity index (χ4v) is 2.98. The van der Waals surface area contributed by atoms with Crippen LogP contribution in [0.4, 0.5) is 0 Å². The lowest BCUT2D eigenvalue weighted by atomic mass is 10.0. The molecular weight excluding hydrogens is 278 g/mol. The average molecular weight is 307 g/mol. The molecule has 1 aliphatic rings. The molecular formula is C18H29NO3. The quantitative estimate of drug-likeness (QED) is 0.841. The summed E-state index contributed by atoms with van der Waals surface area (Å²) in [5, 5.41) is 10.2. The molecule has 0 bridgehead atoms. The number of methoxy groups -OCH3 is 1. The fraction of sp³-hybridized carbons (Fsp3) is 0.667. The van der Waals surface area contributed by atoms with Gasteiger partial charge in [0, 0.05) is 12.1 Å². The number of aliphatic hydroxyl groups is 1. The lowest BCUT2D eigenvalue weighted by molar-refractivity contribution is 0.00981. The average Bonchev–Trinajstić information content (AvgIpc) is 2.72. The lowest BCUT2D eigenvalue weighted by Crippen LogP contribution is -2.35. The molecule has 2 unspecified atom stereocenters. The first-order chi connectivity index (χ1) is 10.7. The molecule has 1 fully saturated rings. The van der Waals surface area contributed by atoms with E-state index < -0.39 is 6.10 Å². The second-order valence-corrected chi connectivity index (χ2v) is 6.32. The van der Waals surface area contributed by atoms with E-state index in [0.29, 0.717) is 19.8 Å². The van der Waals surface area contributed by atoms with E-state index in [-0.39, 0.29) is 0 Å². The zero-order valence-electron chi connectivity index (χ0n) is 13.8. The van der Waals surface area contributed by atoms with Gasteiger partial charge in [0.15, 0.2) is 0 Å². The number of hydrogen-bond donors (Lipinski definition) is 1. The summed E-state index contributed by atoms with van der Waals surface area (Å²) in [4.78, 5) is 2.36. The number of benzene rings is 1. The zero-order chi connectivity index (χ0) is 15.8. The molecule has 4 nitrogen and oxygen atoms in total. The van der Waals surface area contributed by atoms with Crippen molar-refractivity contribution in [3.05, 3.63) is 29.8 Å². The van der Waals surface area contributed by atoms with Gasteiger partial charge in [0.05, 0.1) is 26.4 Å². The van der Waals surface area contributed by atoms with E-state index in [2.05, 4.69) is 11.8 Å². The van der Waals surface area contributed by atoms with Gasteiger partial charge in [-0.1, -0.05) is 25.1 Å². The Labute approximate surface area is 134 Å². The molecule has 4 heteroatoms. The van der Waals surface area contributed by atoms with Crippen LogP contribution in [0.25, 0.3) is 0 Å². The summed E-state index contributed by atoms with van der Waals surface area (Å²) < 4.78 is 11.0. The molecule has 2 rings (SSSR count). The molecule has 0 saturated carbocycles. The molecule has 2 atom stereocenters. The molecule has 0 spiro atoms. The highest BCUT2D eigenvalue weighted by Gasteiger charge is 2.16. The van der Waals surface area contributed by atoms with Crippen LogP contribution in [0.3, 0.4) is 0 Å². The zero-order valence-corrected chi connectivity index (χ0v) is 13.8. The van der Waals surface area contributed by atoms with E-state index in [1.165, 1.54) is 19.3 Å². The summed E-state index contributed by atoms with van der Waals surface area (Å²) in [7, 11) is 1.66. The Morgan fingerprint density at radius 3 is 2.91 bits per heavy atom. The van der Waals surface area contributed by atoms with Crippen molar-refractivity contribution in [3.63, 3.8) is 0 Å². The predicted octanol–water partition coefficient (Wildman–Crippen LogP) is 2.69. The number of likely N-dealkylation sites (tertiary alicyclic amines) is 1. The molecule has 0 aromatic heterocycles. The van der Waals surface area contributed by atoms with E-state index in [1.807, 2.05) is 24.3 Å². The summed E-state index contributed by atoms with van der Waals surface area (Å²) in [5.74, 6) is 1.64.